The first-order valence-corrected chi connectivity index (χ1v) is 5.96. The van der Waals surface area contributed by atoms with Gasteiger partial charge in [-0.05, 0) is 32.0 Å². The first-order valence-electron chi connectivity index (χ1n) is 5.96. The Labute approximate surface area is 107 Å². The Hall–Kier alpha value is -1.75. The summed E-state index contributed by atoms with van der Waals surface area (Å²) < 4.78 is 5.41. The molecule has 1 saturated heterocycles. The molecule has 1 amide bonds. The molecule has 98 valence electrons. The van der Waals surface area contributed by atoms with Gasteiger partial charge in [0, 0.05) is 23.5 Å². The molecule has 0 aliphatic carbocycles. The fraction of sp³-hybridized carbons (Fsp3) is 0.462. The van der Waals surface area contributed by atoms with Crippen molar-refractivity contribution < 1.29 is 9.53 Å². The predicted molar refractivity (Wildman–Crippen MR) is 71.2 cm³/mol. The largest absolute Gasteiger partial charge is 0.399 e. The van der Waals surface area contributed by atoms with Crippen molar-refractivity contribution in [2.24, 2.45) is 0 Å². The summed E-state index contributed by atoms with van der Waals surface area (Å²) in [6.07, 6.45) is 0. The van der Waals surface area contributed by atoms with Gasteiger partial charge in [0.2, 0.25) is 0 Å². The van der Waals surface area contributed by atoms with Crippen LogP contribution in [0.3, 0.4) is 0 Å². The molecule has 1 aliphatic heterocycles. The van der Waals surface area contributed by atoms with Gasteiger partial charge in [0.15, 0.2) is 0 Å². The van der Waals surface area contributed by atoms with Crippen molar-refractivity contribution in [2.45, 2.75) is 19.4 Å². The summed E-state index contributed by atoms with van der Waals surface area (Å²) in [4.78, 5) is 14.3. The second-order valence-corrected chi connectivity index (χ2v) is 5.21. The Bertz CT molecular complexity index is 451. The fourth-order valence-corrected chi connectivity index (χ4v) is 2.19. The average molecular weight is 249 g/mol. The molecule has 0 spiro atoms. The summed E-state index contributed by atoms with van der Waals surface area (Å²) in [5.41, 5.74) is 12.7. The average Bonchev–Trinajstić information content (AvgIpc) is 2.26. The van der Waals surface area contributed by atoms with E-state index in [4.69, 9.17) is 16.2 Å². The van der Waals surface area contributed by atoms with Gasteiger partial charge >= 0.3 is 0 Å². The SMILES string of the molecule is CC1(C)COCCN1C(=O)c1cc(N)cc(N)c1. The van der Waals surface area contributed by atoms with Crippen molar-refractivity contribution >= 4 is 17.3 Å². The second-order valence-electron chi connectivity index (χ2n) is 5.21. The van der Waals surface area contributed by atoms with E-state index in [2.05, 4.69) is 0 Å². The van der Waals surface area contributed by atoms with E-state index in [1.807, 2.05) is 18.7 Å². The zero-order valence-corrected chi connectivity index (χ0v) is 10.8. The molecule has 1 heterocycles. The van der Waals surface area contributed by atoms with Gasteiger partial charge < -0.3 is 21.1 Å². The number of nitrogens with zero attached hydrogens (tertiary/aromatic N) is 1. The lowest BCUT2D eigenvalue weighted by molar-refractivity contribution is -0.0370. The molecule has 18 heavy (non-hydrogen) atoms. The van der Waals surface area contributed by atoms with Crippen LogP contribution in [0, 0.1) is 0 Å². The molecule has 5 nitrogen and oxygen atoms in total. The third-order valence-electron chi connectivity index (χ3n) is 3.11. The molecule has 0 aromatic heterocycles. The highest BCUT2D eigenvalue weighted by Crippen LogP contribution is 2.23. The molecule has 0 bridgehead atoms. The van der Waals surface area contributed by atoms with Gasteiger partial charge in [-0.25, -0.2) is 0 Å². The predicted octanol–water partition coefficient (Wildman–Crippen LogP) is 1.10. The smallest absolute Gasteiger partial charge is 0.254 e. The summed E-state index contributed by atoms with van der Waals surface area (Å²) in [6, 6.07) is 4.95. The number of hydrogen-bond acceptors (Lipinski definition) is 4. The van der Waals surface area contributed by atoms with E-state index in [0.29, 0.717) is 36.7 Å². The molecular weight excluding hydrogens is 230 g/mol. The number of amides is 1. The van der Waals surface area contributed by atoms with Crippen molar-refractivity contribution in [2.75, 3.05) is 31.2 Å². The Kier molecular flexibility index (Phi) is 3.17. The quantitative estimate of drug-likeness (QED) is 0.730. The summed E-state index contributed by atoms with van der Waals surface area (Å²) in [5.74, 6) is -0.0534. The summed E-state index contributed by atoms with van der Waals surface area (Å²) in [7, 11) is 0. The van der Waals surface area contributed by atoms with Crippen molar-refractivity contribution in [3.63, 3.8) is 0 Å². The molecule has 5 heteroatoms. The van der Waals surface area contributed by atoms with Crippen LogP contribution in [0.4, 0.5) is 11.4 Å². The molecule has 1 aromatic rings. The van der Waals surface area contributed by atoms with Gasteiger partial charge in [0.05, 0.1) is 18.8 Å². The Morgan fingerprint density at radius 2 is 1.89 bits per heavy atom. The first kappa shape index (κ1) is 12.7. The first-order chi connectivity index (χ1) is 8.40. The van der Waals surface area contributed by atoms with Crippen LogP contribution in [0.5, 0.6) is 0 Å². The molecule has 0 radical (unpaired) electrons. The van der Waals surface area contributed by atoms with Crippen LogP contribution < -0.4 is 11.5 Å². The number of ether oxygens (including phenoxy) is 1. The maximum absolute atomic E-state index is 12.5. The maximum atomic E-state index is 12.5. The Morgan fingerprint density at radius 3 is 2.44 bits per heavy atom. The lowest BCUT2D eigenvalue weighted by Crippen LogP contribution is -2.55. The topological polar surface area (TPSA) is 81.6 Å². The fourth-order valence-electron chi connectivity index (χ4n) is 2.19. The van der Waals surface area contributed by atoms with Crippen molar-refractivity contribution in [1.29, 1.82) is 0 Å². The van der Waals surface area contributed by atoms with E-state index < -0.39 is 0 Å². The number of carbonyl (C=O) groups excluding carboxylic acids is 1. The van der Waals surface area contributed by atoms with E-state index in [1.165, 1.54) is 0 Å². The highest BCUT2D eigenvalue weighted by atomic mass is 16.5. The lowest BCUT2D eigenvalue weighted by Gasteiger charge is -2.42. The van der Waals surface area contributed by atoms with Crippen LogP contribution in [0.25, 0.3) is 0 Å². The zero-order valence-electron chi connectivity index (χ0n) is 10.8. The van der Waals surface area contributed by atoms with Crippen LogP contribution >= 0.6 is 0 Å². The van der Waals surface area contributed by atoms with Crippen molar-refractivity contribution in [3.8, 4) is 0 Å². The number of hydrogen-bond donors (Lipinski definition) is 2. The van der Waals surface area contributed by atoms with E-state index in [1.54, 1.807) is 18.2 Å². The zero-order chi connectivity index (χ0) is 13.3. The number of nitrogens with two attached hydrogens (primary N) is 2. The van der Waals surface area contributed by atoms with Crippen molar-refractivity contribution in [1.82, 2.24) is 4.90 Å². The van der Waals surface area contributed by atoms with Crippen LogP contribution in [-0.4, -0.2) is 36.1 Å². The van der Waals surface area contributed by atoms with Crippen LogP contribution in [-0.2, 0) is 4.74 Å². The van der Waals surface area contributed by atoms with Crippen LogP contribution in [0.15, 0.2) is 18.2 Å². The Balaban J connectivity index is 2.30. The van der Waals surface area contributed by atoms with Gasteiger partial charge in [0.25, 0.3) is 5.91 Å². The van der Waals surface area contributed by atoms with Gasteiger partial charge in [-0.1, -0.05) is 0 Å². The molecular formula is C13H19N3O2. The normalized spacial score (nSPS) is 18.7. The summed E-state index contributed by atoms with van der Waals surface area (Å²) >= 11 is 0. The number of nitrogen functional groups attached to an aromatic ring is 2. The number of benzene rings is 1. The molecule has 0 unspecified atom stereocenters. The highest BCUT2D eigenvalue weighted by Gasteiger charge is 2.34. The minimum absolute atomic E-state index is 0.0534. The van der Waals surface area contributed by atoms with E-state index in [9.17, 15) is 4.79 Å². The summed E-state index contributed by atoms with van der Waals surface area (Å²) in [6.45, 7) is 5.66. The summed E-state index contributed by atoms with van der Waals surface area (Å²) in [5, 5.41) is 0. The molecule has 0 atom stereocenters. The second kappa shape index (κ2) is 4.49. The molecule has 1 aromatic carbocycles. The monoisotopic (exact) mass is 249 g/mol. The Morgan fingerprint density at radius 1 is 1.28 bits per heavy atom. The third-order valence-corrected chi connectivity index (χ3v) is 3.11. The molecule has 2 rings (SSSR count). The number of rotatable bonds is 1. The van der Waals surface area contributed by atoms with Crippen molar-refractivity contribution in [3.05, 3.63) is 23.8 Å². The number of anilines is 2. The van der Waals surface area contributed by atoms with Gasteiger partial charge in [-0.15, -0.1) is 0 Å². The lowest BCUT2D eigenvalue weighted by atomic mass is 10.0. The minimum atomic E-state index is -0.311. The molecule has 4 N–H and O–H groups in total. The number of morpholine rings is 1. The standard InChI is InChI=1S/C13H19N3O2/c1-13(2)8-18-4-3-16(13)12(17)9-5-10(14)7-11(15)6-9/h5-7H,3-4,8,14-15H2,1-2H3. The van der Waals surface area contributed by atoms with Gasteiger partial charge in [-0.3, -0.25) is 4.79 Å². The van der Waals surface area contributed by atoms with Crippen LogP contribution in [0.1, 0.15) is 24.2 Å². The van der Waals surface area contributed by atoms with Gasteiger partial charge in [-0.2, -0.15) is 0 Å². The molecule has 1 aliphatic rings. The van der Waals surface area contributed by atoms with E-state index in [-0.39, 0.29) is 11.4 Å². The van der Waals surface area contributed by atoms with E-state index in [0.717, 1.165) is 0 Å². The molecule has 0 saturated carbocycles. The van der Waals surface area contributed by atoms with Gasteiger partial charge in [0.1, 0.15) is 0 Å². The third kappa shape index (κ3) is 2.41. The minimum Gasteiger partial charge on any atom is -0.399 e. The maximum Gasteiger partial charge on any atom is 0.254 e. The van der Waals surface area contributed by atoms with E-state index >= 15 is 0 Å². The highest BCUT2D eigenvalue weighted by molar-refractivity contribution is 5.96. The molecule has 1 fully saturated rings. The number of carbonyl (C=O) groups is 1. The van der Waals surface area contributed by atoms with Crippen LogP contribution in [0.2, 0.25) is 0 Å².